The molecule has 2 aliphatic heterocycles. The lowest BCUT2D eigenvalue weighted by Crippen LogP contribution is -2.50. The van der Waals surface area contributed by atoms with Gasteiger partial charge in [-0.2, -0.15) is 0 Å². The predicted molar refractivity (Wildman–Crippen MR) is 97.9 cm³/mol. The summed E-state index contributed by atoms with van der Waals surface area (Å²) in [6, 6.07) is 6.26. The Morgan fingerprint density at radius 3 is 2.36 bits per heavy atom. The van der Waals surface area contributed by atoms with Crippen LogP contribution >= 0.6 is 0 Å². The minimum atomic E-state index is -0.696. The number of benzene rings is 1. The zero-order valence-electron chi connectivity index (χ0n) is 15.8. The Morgan fingerprint density at radius 1 is 1.24 bits per heavy atom. The van der Waals surface area contributed by atoms with Gasteiger partial charge in [-0.3, -0.25) is 9.69 Å². The number of likely N-dealkylation sites (tertiary alicyclic amines) is 1. The summed E-state index contributed by atoms with van der Waals surface area (Å²) in [7, 11) is -0.358. The minimum absolute atomic E-state index is 0.226. The molecule has 0 aliphatic carbocycles. The van der Waals surface area contributed by atoms with Crippen LogP contribution in [0.1, 0.15) is 45.7 Å². The van der Waals surface area contributed by atoms with Gasteiger partial charge in [0, 0.05) is 19.6 Å². The molecule has 2 saturated heterocycles. The van der Waals surface area contributed by atoms with Gasteiger partial charge in [-0.15, -0.1) is 0 Å². The average Bonchev–Trinajstić information content (AvgIpc) is 2.69. The van der Waals surface area contributed by atoms with E-state index in [1.54, 1.807) is 0 Å². The van der Waals surface area contributed by atoms with Crippen molar-refractivity contribution < 1.29 is 19.2 Å². The highest BCUT2D eigenvalue weighted by Gasteiger charge is 2.52. The Morgan fingerprint density at radius 2 is 1.84 bits per heavy atom. The van der Waals surface area contributed by atoms with Gasteiger partial charge >= 0.3 is 13.1 Å². The molecule has 136 valence electrons. The number of hydrogen-bond donors (Lipinski definition) is 1. The lowest BCUT2D eigenvalue weighted by molar-refractivity contribution is -0.147. The number of hydrogen-bond acceptors (Lipinski definition) is 4. The quantitative estimate of drug-likeness (QED) is 0.828. The molecule has 3 rings (SSSR count). The number of nitrogens with zero attached hydrogens (tertiary/aromatic N) is 1. The molecule has 1 aromatic carbocycles. The summed E-state index contributed by atoms with van der Waals surface area (Å²) in [6.45, 7) is 12.4. The molecule has 1 aromatic rings. The summed E-state index contributed by atoms with van der Waals surface area (Å²) < 4.78 is 12.5. The molecule has 0 radical (unpaired) electrons. The van der Waals surface area contributed by atoms with Crippen LogP contribution in [0.4, 0.5) is 0 Å². The van der Waals surface area contributed by atoms with E-state index < -0.39 is 5.97 Å². The molecule has 0 aromatic heterocycles. The molecule has 0 atom stereocenters. The fraction of sp³-hybridized carbons (Fsp3) is 0.632. The van der Waals surface area contributed by atoms with Crippen LogP contribution in [0.3, 0.4) is 0 Å². The maximum atomic E-state index is 11.0. The zero-order chi connectivity index (χ0) is 18.4. The molecule has 25 heavy (non-hydrogen) atoms. The molecule has 0 spiro atoms. The number of rotatable bonds is 5. The van der Waals surface area contributed by atoms with Gasteiger partial charge < -0.3 is 14.4 Å². The molecule has 0 saturated carbocycles. The van der Waals surface area contributed by atoms with Crippen LogP contribution in [0.15, 0.2) is 18.2 Å². The van der Waals surface area contributed by atoms with Crippen molar-refractivity contribution in [2.75, 3.05) is 13.1 Å². The molecule has 2 aliphatic rings. The van der Waals surface area contributed by atoms with E-state index in [9.17, 15) is 4.79 Å². The number of aliphatic carboxylic acids is 1. The Kier molecular flexibility index (Phi) is 4.73. The lowest BCUT2D eigenvalue weighted by atomic mass is 9.74. The number of carboxylic acid groups (broad SMARTS) is 1. The Hall–Kier alpha value is -1.37. The largest absolute Gasteiger partial charge is 0.495 e. The lowest BCUT2D eigenvalue weighted by Gasteiger charge is -2.37. The monoisotopic (exact) mass is 345 g/mol. The third-order valence-corrected chi connectivity index (χ3v) is 5.87. The second-order valence-electron chi connectivity index (χ2n) is 8.16. The molecule has 1 N–H and O–H groups in total. The van der Waals surface area contributed by atoms with E-state index in [0.717, 1.165) is 18.4 Å². The Balaban J connectivity index is 1.79. The van der Waals surface area contributed by atoms with Crippen LogP contribution in [0.25, 0.3) is 0 Å². The highest BCUT2D eigenvalue weighted by molar-refractivity contribution is 6.62. The maximum absolute atomic E-state index is 11.0. The van der Waals surface area contributed by atoms with Crippen LogP contribution in [0.2, 0.25) is 0 Å². The van der Waals surface area contributed by atoms with Gasteiger partial charge in [-0.05, 0) is 50.7 Å². The van der Waals surface area contributed by atoms with Gasteiger partial charge in [-0.1, -0.05) is 25.1 Å². The van der Waals surface area contributed by atoms with Gasteiger partial charge in [-0.25, -0.2) is 0 Å². The third kappa shape index (κ3) is 3.35. The summed E-state index contributed by atoms with van der Waals surface area (Å²) in [5.41, 5.74) is 2.86. The Labute approximate surface area is 150 Å². The Bertz CT molecular complexity index is 651. The van der Waals surface area contributed by atoms with Crippen LogP contribution in [-0.2, 0) is 27.1 Å². The van der Waals surface area contributed by atoms with Crippen molar-refractivity contribution in [3.8, 4) is 0 Å². The predicted octanol–water partition coefficient (Wildman–Crippen LogP) is 2.06. The molecule has 5 nitrogen and oxygen atoms in total. The number of carboxylic acids is 1. The average molecular weight is 345 g/mol. The molecular weight excluding hydrogens is 317 g/mol. The first kappa shape index (κ1) is 18.4. The summed E-state index contributed by atoms with van der Waals surface area (Å²) in [5, 5.41) is 9.04. The van der Waals surface area contributed by atoms with E-state index in [2.05, 4.69) is 51.7 Å². The van der Waals surface area contributed by atoms with E-state index in [1.165, 1.54) is 11.1 Å². The van der Waals surface area contributed by atoms with Gasteiger partial charge in [0.2, 0.25) is 0 Å². The van der Waals surface area contributed by atoms with E-state index in [1.807, 2.05) is 6.07 Å². The fourth-order valence-corrected chi connectivity index (χ4v) is 3.52. The van der Waals surface area contributed by atoms with Crippen LogP contribution in [0, 0.1) is 5.92 Å². The first-order valence-electron chi connectivity index (χ1n) is 9.06. The van der Waals surface area contributed by atoms with Crippen molar-refractivity contribution in [1.82, 2.24) is 4.90 Å². The summed E-state index contributed by atoms with van der Waals surface area (Å²) in [5.74, 6) is -0.922. The first-order valence-corrected chi connectivity index (χ1v) is 9.06. The van der Waals surface area contributed by atoms with E-state index >= 15 is 0 Å². The van der Waals surface area contributed by atoms with Crippen molar-refractivity contribution in [3.05, 3.63) is 29.3 Å². The van der Waals surface area contributed by atoms with E-state index in [4.69, 9.17) is 14.4 Å². The SMILES string of the molecule is CCc1c(CN2CC(C(=O)O)C2)cccc1B1OC(C)(C)C(C)(C)O1. The van der Waals surface area contributed by atoms with Gasteiger partial charge in [0.25, 0.3) is 0 Å². The molecule has 2 fully saturated rings. The normalized spacial score (nSPS) is 22.8. The van der Waals surface area contributed by atoms with Crippen molar-refractivity contribution in [2.45, 2.75) is 58.8 Å². The van der Waals surface area contributed by atoms with Crippen molar-refractivity contribution in [2.24, 2.45) is 5.92 Å². The fourth-order valence-electron chi connectivity index (χ4n) is 3.52. The zero-order valence-corrected chi connectivity index (χ0v) is 15.8. The van der Waals surface area contributed by atoms with Crippen LogP contribution < -0.4 is 5.46 Å². The standard InChI is InChI=1S/C19H28BNO4/c1-6-15-13(10-21-11-14(12-21)17(22)23)8-7-9-16(15)20-24-18(2,3)19(4,5)25-20/h7-9,14H,6,10-12H2,1-5H3,(H,22,23). The molecule has 0 bridgehead atoms. The highest BCUT2D eigenvalue weighted by atomic mass is 16.7. The van der Waals surface area contributed by atoms with Crippen LogP contribution in [-0.4, -0.2) is 47.4 Å². The second-order valence-corrected chi connectivity index (χ2v) is 8.16. The summed E-state index contributed by atoms with van der Waals surface area (Å²) >= 11 is 0. The second kappa shape index (κ2) is 6.42. The third-order valence-electron chi connectivity index (χ3n) is 5.87. The topological polar surface area (TPSA) is 59.0 Å². The molecule has 2 heterocycles. The molecule has 0 amide bonds. The highest BCUT2D eigenvalue weighted by Crippen LogP contribution is 2.37. The van der Waals surface area contributed by atoms with Crippen LogP contribution in [0.5, 0.6) is 0 Å². The smallest absolute Gasteiger partial charge is 0.481 e. The maximum Gasteiger partial charge on any atom is 0.495 e. The van der Waals surface area contributed by atoms with Crippen molar-refractivity contribution >= 4 is 18.6 Å². The van der Waals surface area contributed by atoms with Gasteiger partial charge in [0.05, 0.1) is 17.1 Å². The van der Waals surface area contributed by atoms with Gasteiger partial charge in [0.1, 0.15) is 0 Å². The molecule has 0 unspecified atom stereocenters. The van der Waals surface area contributed by atoms with Crippen molar-refractivity contribution in [3.63, 3.8) is 0 Å². The molecule has 6 heteroatoms. The summed E-state index contributed by atoms with van der Waals surface area (Å²) in [6.07, 6.45) is 0.895. The molecular formula is C19H28BNO4. The van der Waals surface area contributed by atoms with Gasteiger partial charge in [0.15, 0.2) is 0 Å². The van der Waals surface area contributed by atoms with E-state index in [-0.39, 0.29) is 24.2 Å². The number of carbonyl (C=O) groups is 1. The first-order chi connectivity index (χ1) is 11.6. The minimum Gasteiger partial charge on any atom is -0.481 e. The summed E-state index contributed by atoms with van der Waals surface area (Å²) in [4.78, 5) is 13.2. The van der Waals surface area contributed by atoms with E-state index in [0.29, 0.717) is 13.1 Å². The van der Waals surface area contributed by atoms with Crippen molar-refractivity contribution in [1.29, 1.82) is 0 Å².